The summed E-state index contributed by atoms with van der Waals surface area (Å²) in [5.41, 5.74) is 3.97. The maximum atomic E-state index is 12.8. The molecule has 142 valence electrons. The number of carbonyl (C=O) groups is 1. The summed E-state index contributed by atoms with van der Waals surface area (Å²) in [7, 11) is 0. The molecule has 28 heavy (non-hydrogen) atoms. The summed E-state index contributed by atoms with van der Waals surface area (Å²) in [5.74, 6) is 1.86. The van der Waals surface area contributed by atoms with E-state index in [9.17, 15) is 4.79 Å². The number of carbonyl (C=O) groups excluding carboxylic acids is 1. The van der Waals surface area contributed by atoms with Crippen LogP contribution in [0.4, 0.5) is 0 Å². The Hall–Kier alpha value is -2.85. The Bertz CT molecular complexity index is 995. The summed E-state index contributed by atoms with van der Waals surface area (Å²) in [6.45, 7) is 4.82. The van der Waals surface area contributed by atoms with Gasteiger partial charge in [-0.05, 0) is 35.7 Å². The molecule has 3 atom stereocenters. The predicted octanol–water partition coefficient (Wildman–Crippen LogP) is 4.29. The summed E-state index contributed by atoms with van der Waals surface area (Å²) < 4.78 is 5.53. The summed E-state index contributed by atoms with van der Waals surface area (Å²) in [6, 6.07) is 22.8. The molecule has 1 saturated heterocycles. The lowest BCUT2D eigenvalue weighted by atomic mass is 9.94. The Morgan fingerprint density at radius 3 is 2.50 bits per heavy atom. The van der Waals surface area contributed by atoms with Crippen LogP contribution in [0.25, 0.3) is 0 Å². The maximum absolute atomic E-state index is 12.8. The van der Waals surface area contributed by atoms with Crippen LogP contribution in [-0.4, -0.2) is 23.9 Å². The summed E-state index contributed by atoms with van der Waals surface area (Å²) >= 11 is 0. The first-order valence-corrected chi connectivity index (χ1v) is 9.91. The zero-order valence-electron chi connectivity index (χ0n) is 16.0. The first-order valence-electron chi connectivity index (χ1n) is 9.91. The van der Waals surface area contributed by atoms with Gasteiger partial charge >= 0.3 is 0 Å². The lowest BCUT2D eigenvalue weighted by Crippen LogP contribution is -2.33. The molecule has 1 aromatic heterocycles. The van der Waals surface area contributed by atoms with E-state index in [1.54, 1.807) is 6.07 Å². The molecule has 2 aliphatic rings. The van der Waals surface area contributed by atoms with E-state index in [4.69, 9.17) is 4.42 Å². The topological polar surface area (TPSA) is 45.5 Å². The Labute approximate surface area is 165 Å². The van der Waals surface area contributed by atoms with Crippen molar-refractivity contribution in [2.75, 3.05) is 13.1 Å². The van der Waals surface area contributed by atoms with Crippen molar-refractivity contribution in [1.29, 1.82) is 0 Å². The molecule has 0 spiro atoms. The van der Waals surface area contributed by atoms with Crippen molar-refractivity contribution in [3.05, 3.63) is 94.9 Å². The van der Waals surface area contributed by atoms with E-state index < -0.39 is 0 Å². The number of rotatable bonds is 4. The fraction of sp³-hybridized carbons (Fsp3) is 0.292. The van der Waals surface area contributed by atoms with E-state index in [0.29, 0.717) is 17.6 Å². The number of hydrogen-bond acceptors (Lipinski definition) is 3. The normalized spacial score (nSPS) is 23.4. The molecule has 0 saturated carbocycles. The van der Waals surface area contributed by atoms with Crippen LogP contribution in [0.15, 0.2) is 71.1 Å². The predicted molar refractivity (Wildman–Crippen MR) is 108 cm³/mol. The Kier molecular flexibility index (Phi) is 4.29. The van der Waals surface area contributed by atoms with Crippen LogP contribution in [0.2, 0.25) is 0 Å². The van der Waals surface area contributed by atoms with Crippen LogP contribution in [0, 0.1) is 12.8 Å². The number of nitrogens with zero attached hydrogens (tertiary/aromatic N) is 1. The minimum atomic E-state index is -0.130. The highest BCUT2D eigenvalue weighted by Crippen LogP contribution is 2.49. The van der Waals surface area contributed by atoms with Crippen LogP contribution < -0.4 is 5.32 Å². The average molecular weight is 372 g/mol. The number of amides is 1. The SMILES string of the molecule is Cc1ccc(C(=O)N[C@@H]2c3ccccc3[C@@H]3CN(Cc4ccccc4)C[C@H]23)o1. The van der Waals surface area contributed by atoms with Crippen molar-refractivity contribution in [1.82, 2.24) is 10.2 Å². The first kappa shape index (κ1) is 17.3. The van der Waals surface area contributed by atoms with Crippen molar-refractivity contribution in [2.45, 2.75) is 25.4 Å². The lowest BCUT2D eigenvalue weighted by Gasteiger charge is -2.22. The molecule has 1 aliphatic carbocycles. The highest BCUT2D eigenvalue weighted by Gasteiger charge is 2.46. The quantitative estimate of drug-likeness (QED) is 0.743. The first-order chi connectivity index (χ1) is 13.7. The zero-order valence-corrected chi connectivity index (χ0v) is 16.0. The number of aryl methyl sites for hydroxylation is 1. The van der Waals surface area contributed by atoms with Crippen molar-refractivity contribution >= 4 is 5.91 Å². The van der Waals surface area contributed by atoms with Gasteiger partial charge in [0.2, 0.25) is 0 Å². The monoisotopic (exact) mass is 372 g/mol. The number of hydrogen-bond donors (Lipinski definition) is 1. The third-order valence-corrected chi connectivity index (χ3v) is 6.10. The van der Waals surface area contributed by atoms with E-state index in [-0.39, 0.29) is 11.9 Å². The van der Waals surface area contributed by atoms with Crippen molar-refractivity contribution < 1.29 is 9.21 Å². The van der Waals surface area contributed by atoms with Gasteiger partial charge in [0.25, 0.3) is 5.91 Å². The van der Waals surface area contributed by atoms with Crippen LogP contribution in [-0.2, 0) is 6.54 Å². The summed E-state index contributed by atoms with van der Waals surface area (Å²) in [6.07, 6.45) is 0. The standard InChI is InChI=1S/C24H24N2O2/c1-16-11-12-22(28-16)24(27)25-23-19-10-6-5-9-18(19)20-14-26(15-21(20)23)13-17-7-3-2-4-8-17/h2-12,20-21,23H,13-15H2,1H3,(H,25,27)/t20-,21-,23+/m0/s1. The van der Waals surface area contributed by atoms with Crippen LogP contribution in [0.1, 0.15) is 45.0 Å². The van der Waals surface area contributed by atoms with Crippen molar-refractivity contribution in [3.63, 3.8) is 0 Å². The number of benzene rings is 2. The number of nitrogens with one attached hydrogen (secondary N) is 1. The number of furan rings is 1. The smallest absolute Gasteiger partial charge is 0.287 e. The van der Waals surface area contributed by atoms with E-state index in [1.807, 2.05) is 13.0 Å². The fourth-order valence-electron chi connectivity index (χ4n) is 4.87. The molecule has 0 bridgehead atoms. The molecule has 4 nitrogen and oxygen atoms in total. The van der Waals surface area contributed by atoms with Crippen LogP contribution in [0.5, 0.6) is 0 Å². The maximum Gasteiger partial charge on any atom is 0.287 e. The molecule has 1 aliphatic heterocycles. The van der Waals surface area contributed by atoms with Crippen molar-refractivity contribution in [2.24, 2.45) is 5.92 Å². The van der Waals surface area contributed by atoms with E-state index in [2.05, 4.69) is 64.8 Å². The van der Waals surface area contributed by atoms with Gasteiger partial charge in [-0.25, -0.2) is 0 Å². The van der Waals surface area contributed by atoms with Gasteiger partial charge in [-0.3, -0.25) is 9.69 Å². The van der Waals surface area contributed by atoms with Gasteiger partial charge in [0.1, 0.15) is 5.76 Å². The van der Waals surface area contributed by atoms with Crippen LogP contribution >= 0.6 is 0 Å². The van der Waals surface area contributed by atoms with Crippen molar-refractivity contribution in [3.8, 4) is 0 Å². The Morgan fingerprint density at radius 1 is 1.00 bits per heavy atom. The molecule has 1 amide bonds. The molecule has 5 rings (SSSR count). The molecule has 3 aromatic rings. The second-order valence-electron chi connectivity index (χ2n) is 7.94. The largest absolute Gasteiger partial charge is 0.456 e. The minimum Gasteiger partial charge on any atom is -0.456 e. The molecule has 0 unspecified atom stereocenters. The highest BCUT2D eigenvalue weighted by atomic mass is 16.3. The van der Waals surface area contributed by atoms with Gasteiger partial charge in [-0.2, -0.15) is 0 Å². The van der Waals surface area contributed by atoms with E-state index in [1.165, 1.54) is 16.7 Å². The summed E-state index contributed by atoms with van der Waals surface area (Å²) in [4.78, 5) is 15.3. The summed E-state index contributed by atoms with van der Waals surface area (Å²) in [5, 5.41) is 3.26. The highest BCUT2D eigenvalue weighted by molar-refractivity contribution is 5.92. The molecule has 2 heterocycles. The molecule has 1 N–H and O–H groups in total. The second-order valence-corrected chi connectivity index (χ2v) is 7.94. The number of likely N-dealkylation sites (tertiary alicyclic amines) is 1. The number of fused-ring (bicyclic) bond motifs is 3. The third-order valence-electron chi connectivity index (χ3n) is 6.10. The second kappa shape index (κ2) is 6.95. The van der Waals surface area contributed by atoms with E-state index in [0.717, 1.165) is 25.4 Å². The average Bonchev–Trinajstić information content (AvgIpc) is 3.39. The third kappa shape index (κ3) is 3.04. The van der Waals surface area contributed by atoms with Gasteiger partial charge in [0, 0.05) is 31.5 Å². The molecule has 1 fully saturated rings. The zero-order chi connectivity index (χ0) is 19.1. The van der Waals surface area contributed by atoms with Gasteiger partial charge in [0.05, 0.1) is 6.04 Å². The van der Waals surface area contributed by atoms with Gasteiger partial charge < -0.3 is 9.73 Å². The van der Waals surface area contributed by atoms with Crippen LogP contribution in [0.3, 0.4) is 0 Å². The van der Waals surface area contributed by atoms with Gasteiger partial charge in [-0.15, -0.1) is 0 Å². The van der Waals surface area contributed by atoms with E-state index >= 15 is 0 Å². The van der Waals surface area contributed by atoms with Gasteiger partial charge in [0.15, 0.2) is 5.76 Å². The molecule has 4 heteroatoms. The lowest BCUT2D eigenvalue weighted by molar-refractivity contribution is 0.0894. The molecule has 2 aromatic carbocycles. The fourth-order valence-corrected chi connectivity index (χ4v) is 4.87. The molecular formula is C24H24N2O2. The molecular weight excluding hydrogens is 348 g/mol. The Morgan fingerprint density at radius 2 is 1.75 bits per heavy atom. The molecule has 0 radical (unpaired) electrons. The minimum absolute atomic E-state index is 0.0277. The van der Waals surface area contributed by atoms with Gasteiger partial charge in [-0.1, -0.05) is 54.6 Å². The Balaban J connectivity index is 1.39.